The number of benzene rings is 2. The van der Waals surface area contributed by atoms with Gasteiger partial charge in [0.05, 0.1) is 16.7 Å². The molecule has 3 rings (SSSR count). The number of nitrogens with one attached hydrogen (secondary N) is 1. The van der Waals surface area contributed by atoms with Gasteiger partial charge in [0, 0.05) is 31.0 Å². The summed E-state index contributed by atoms with van der Waals surface area (Å²) >= 11 is 0. The van der Waals surface area contributed by atoms with Gasteiger partial charge in [-0.05, 0) is 56.3 Å². The summed E-state index contributed by atoms with van der Waals surface area (Å²) in [4.78, 5) is 52.4. The molecule has 1 aliphatic rings. The van der Waals surface area contributed by atoms with Crippen LogP contribution in [-0.2, 0) is 9.53 Å². The van der Waals surface area contributed by atoms with E-state index in [0.717, 1.165) is 23.7 Å². The van der Waals surface area contributed by atoms with Crippen molar-refractivity contribution in [3.63, 3.8) is 0 Å². The van der Waals surface area contributed by atoms with Gasteiger partial charge in [0.1, 0.15) is 0 Å². The lowest BCUT2D eigenvalue weighted by molar-refractivity contribution is -0.119. The monoisotopic (exact) mass is 435 g/mol. The van der Waals surface area contributed by atoms with Gasteiger partial charge in [-0.25, -0.2) is 4.79 Å². The summed E-state index contributed by atoms with van der Waals surface area (Å²) in [5.74, 6) is -2.18. The highest BCUT2D eigenvalue weighted by molar-refractivity contribution is 6.22. The van der Waals surface area contributed by atoms with Crippen LogP contribution in [0.3, 0.4) is 0 Å². The first-order chi connectivity index (χ1) is 15.4. The lowest BCUT2D eigenvalue weighted by atomic mass is 10.1. The third-order valence-electron chi connectivity index (χ3n) is 5.13. The van der Waals surface area contributed by atoms with E-state index >= 15 is 0 Å². The Morgan fingerprint density at radius 1 is 1.03 bits per heavy atom. The number of hydrogen-bond donors (Lipinski definition) is 1. The van der Waals surface area contributed by atoms with Crippen LogP contribution in [0.5, 0.6) is 0 Å². The molecule has 3 amide bonds. The third-order valence-corrected chi connectivity index (χ3v) is 5.13. The standard InChI is InChI=1S/C24H25N3O5/c1-4-13-27-22(29)19-12-7-16(14-20(19)23(27)30)24(31)32-15-21(28)25-17-8-10-18(11-9-17)26(5-2)6-3/h4,7-12,14H,1,5-6,13,15H2,2-3H3,(H,25,28). The van der Waals surface area contributed by atoms with Crippen molar-refractivity contribution in [2.24, 2.45) is 0 Å². The first-order valence-corrected chi connectivity index (χ1v) is 10.3. The minimum atomic E-state index is -0.762. The average molecular weight is 435 g/mol. The normalized spacial score (nSPS) is 12.4. The van der Waals surface area contributed by atoms with Crippen LogP contribution in [0.4, 0.5) is 11.4 Å². The molecule has 1 N–H and O–H groups in total. The van der Waals surface area contributed by atoms with Crippen LogP contribution < -0.4 is 10.2 Å². The van der Waals surface area contributed by atoms with Crippen molar-refractivity contribution < 1.29 is 23.9 Å². The number of nitrogens with zero attached hydrogens (tertiary/aromatic N) is 2. The fraction of sp³-hybridized carbons (Fsp3) is 0.250. The van der Waals surface area contributed by atoms with Gasteiger partial charge in [-0.2, -0.15) is 0 Å². The summed E-state index contributed by atoms with van der Waals surface area (Å²) in [5, 5.41) is 2.68. The molecule has 2 aromatic rings. The molecular weight excluding hydrogens is 410 g/mol. The van der Waals surface area contributed by atoms with Crippen molar-refractivity contribution in [2.45, 2.75) is 13.8 Å². The lowest BCUT2D eigenvalue weighted by Crippen LogP contribution is -2.29. The molecule has 0 atom stereocenters. The van der Waals surface area contributed by atoms with Gasteiger partial charge in [-0.1, -0.05) is 6.08 Å². The molecule has 8 nitrogen and oxygen atoms in total. The maximum atomic E-state index is 12.4. The predicted molar refractivity (Wildman–Crippen MR) is 121 cm³/mol. The molecule has 0 fully saturated rings. The quantitative estimate of drug-likeness (QED) is 0.369. The second kappa shape index (κ2) is 9.91. The molecule has 0 saturated carbocycles. The lowest BCUT2D eigenvalue weighted by Gasteiger charge is -2.21. The van der Waals surface area contributed by atoms with Crippen LogP contribution in [0, 0.1) is 0 Å². The first-order valence-electron chi connectivity index (χ1n) is 10.3. The third kappa shape index (κ3) is 4.69. The van der Waals surface area contributed by atoms with E-state index in [4.69, 9.17) is 4.74 Å². The van der Waals surface area contributed by atoms with E-state index in [0.29, 0.717) is 5.69 Å². The summed E-state index contributed by atoms with van der Waals surface area (Å²) < 4.78 is 5.07. The van der Waals surface area contributed by atoms with Crippen LogP contribution in [-0.4, -0.2) is 54.8 Å². The molecule has 0 spiro atoms. The number of ether oxygens (including phenoxy) is 1. The highest BCUT2D eigenvalue weighted by Crippen LogP contribution is 2.24. The Kier molecular flexibility index (Phi) is 7.04. The van der Waals surface area contributed by atoms with Crippen LogP contribution in [0.15, 0.2) is 55.1 Å². The zero-order chi connectivity index (χ0) is 23.3. The zero-order valence-corrected chi connectivity index (χ0v) is 18.1. The Morgan fingerprint density at radius 2 is 1.69 bits per heavy atom. The van der Waals surface area contributed by atoms with Gasteiger partial charge >= 0.3 is 5.97 Å². The van der Waals surface area contributed by atoms with E-state index in [2.05, 4.69) is 30.6 Å². The zero-order valence-electron chi connectivity index (χ0n) is 18.1. The van der Waals surface area contributed by atoms with Crippen molar-refractivity contribution in [3.05, 3.63) is 71.8 Å². The molecule has 0 radical (unpaired) electrons. The fourth-order valence-electron chi connectivity index (χ4n) is 3.47. The number of carbonyl (C=O) groups excluding carboxylic acids is 4. The van der Waals surface area contributed by atoms with Crippen LogP contribution in [0.1, 0.15) is 44.9 Å². The van der Waals surface area contributed by atoms with Gasteiger partial charge in [-0.15, -0.1) is 6.58 Å². The Bertz CT molecular complexity index is 1060. The number of rotatable bonds is 9. The Balaban J connectivity index is 1.58. The minimum Gasteiger partial charge on any atom is -0.452 e. The minimum absolute atomic E-state index is 0.0849. The molecule has 2 aromatic carbocycles. The van der Waals surface area contributed by atoms with Crippen LogP contribution in [0.2, 0.25) is 0 Å². The van der Waals surface area contributed by atoms with Gasteiger partial charge in [0.15, 0.2) is 6.61 Å². The van der Waals surface area contributed by atoms with Crippen molar-refractivity contribution in [1.82, 2.24) is 4.90 Å². The first kappa shape index (κ1) is 22.7. The molecule has 8 heteroatoms. The van der Waals surface area contributed by atoms with Crippen molar-refractivity contribution in [2.75, 3.05) is 36.5 Å². The van der Waals surface area contributed by atoms with Crippen LogP contribution >= 0.6 is 0 Å². The summed E-state index contributed by atoms with van der Waals surface area (Å²) in [6.45, 7) is 9.04. The number of esters is 1. The van der Waals surface area contributed by atoms with E-state index < -0.39 is 30.3 Å². The van der Waals surface area contributed by atoms with Gasteiger partial charge in [0.25, 0.3) is 17.7 Å². The van der Waals surface area contributed by atoms with Crippen molar-refractivity contribution in [3.8, 4) is 0 Å². The summed E-state index contributed by atoms with van der Waals surface area (Å²) in [6, 6.07) is 11.5. The maximum absolute atomic E-state index is 12.4. The molecule has 1 heterocycles. The van der Waals surface area contributed by atoms with Gasteiger partial charge in [0.2, 0.25) is 0 Å². The number of fused-ring (bicyclic) bond motifs is 1. The predicted octanol–water partition coefficient (Wildman–Crippen LogP) is 3.11. The molecule has 0 aromatic heterocycles. The molecular formula is C24H25N3O5. The van der Waals surface area contributed by atoms with E-state index in [1.54, 1.807) is 12.1 Å². The Labute approximate surface area is 186 Å². The maximum Gasteiger partial charge on any atom is 0.338 e. The SMILES string of the molecule is C=CCN1C(=O)c2ccc(C(=O)OCC(=O)Nc3ccc(N(CC)CC)cc3)cc2C1=O. The average Bonchev–Trinajstić information content (AvgIpc) is 3.04. The van der Waals surface area contributed by atoms with Gasteiger partial charge in [-0.3, -0.25) is 19.3 Å². The molecule has 0 aliphatic carbocycles. The molecule has 0 saturated heterocycles. The highest BCUT2D eigenvalue weighted by atomic mass is 16.5. The van der Waals surface area contributed by atoms with Gasteiger partial charge < -0.3 is 15.0 Å². The second-order valence-electron chi connectivity index (χ2n) is 7.11. The molecule has 0 bridgehead atoms. The van der Waals surface area contributed by atoms with E-state index in [-0.39, 0.29) is 23.2 Å². The summed E-state index contributed by atoms with van der Waals surface area (Å²) in [6.07, 6.45) is 1.45. The molecule has 32 heavy (non-hydrogen) atoms. The number of anilines is 2. The summed E-state index contributed by atoms with van der Waals surface area (Å²) in [5.41, 5.74) is 2.08. The number of carbonyl (C=O) groups is 4. The molecule has 166 valence electrons. The number of hydrogen-bond acceptors (Lipinski definition) is 6. The highest BCUT2D eigenvalue weighted by Gasteiger charge is 2.35. The Hall–Kier alpha value is -3.94. The second-order valence-corrected chi connectivity index (χ2v) is 7.11. The van der Waals surface area contributed by atoms with Crippen molar-refractivity contribution in [1.29, 1.82) is 0 Å². The number of imide groups is 1. The topological polar surface area (TPSA) is 96.0 Å². The smallest absolute Gasteiger partial charge is 0.338 e. The van der Waals surface area contributed by atoms with Crippen molar-refractivity contribution >= 4 is 35.1 Å². The van der Waals surface area contributed by atoms with Crippen LogP contribution in [0.25, 0.3) is 0 Å². The Morgan fingerprint density at radius 3 is 2.31 bits per heavy atom. The summed E-state index contributed by atoms with van der Waals surface area (Å²) in [7, 11) is 0. The fourth-order valence-corrected chi connectivity index (χ4v) is 3.47. The molecule has 0 unspecified atom stereocenters. The van der Waals surface area contributed by atoms with E-state index in [9.17, 15) is 19.2 Å². The van der Waals surface area contributed by atoms with E-state index in [1.165, 1.54) is 24.3 Å². The largest absolute Gasteiger partial charge is 0.452 e. The molecule has 1 aliphatic heterocycles. The van der Waals surface area contributed by atoms with E-state index in [1.807, 2.05) is 12.1 Å². The number of amides is 3.